The van der Waals surface area contributed by atoms with E-state index in [0.717, 1.165) is 25.9 Å². The van der Waals surface area contributed by atoms with Gasteiger partial charge in [-0.2, -0.15) is 0 Å². The van der Waals surface area contributed by atoms with Crippen LogP contribution in [-0.4, -0.2) is 77.4 Å². The number of amides is 4. The Morgan fingerprint density at radius 2 is 1.86 bits per heavy atom. The standard InChI is InChI=1S/C15H24N4O3/c1-10(2)19-14(21)12-9-17(7-8-18(12)15(19)22)13(20)11-3-5-16-6-4-11/h10-12,16H,3-9H2,1-2H3/t12-/m1/s1. The molecule has 7 heteroatoms. The number of hydrogen-bond donors (Lipinski definition) is 1. The molecule has 1 N–H and O–H groups in total. The molecule has 3 fully saturated rings. The Labute approximate surface area is 130 Å². The average molecular weight is 308 g/mol. The Hall–Kier alpha value is -1.63. The molecule has 7 nitrogen and oxygen atoms in total. The predicted octanol–water partition coefficient (Wildman–Crippen LogP) is -0.131. The van der Waals surface area contributed by atoms with E-state index in [0.29, 0.717) is 19.6 Å². The van der Waals surface area contributed by atoms with Gasteiger partial charge in [-0.3, -0.25) is 14.5 Å². The fourth-order valence-corrected chi connectivity index (χ4v) is 3.62. The molecule has 3 aliphatic rings. The average Bonchev–Trinajstić information content (AvgIpc) is 2.78. The minimum atomic E-state index is -0.491. The van der Waals surface area contributed by atoms with Gasteiger partial charge in [0.25, 0.3) is 5.91 Å². The largest absolute Gasteiger partial charge is 0.338 e. The number of nitrogens with one attached hydrogen (secondary N) is 1. The van der Waals surface area contributed by atoms with Gasteiger partial charge in [-0.25, -0.2) is 4.79 Å². The molecule has 0 saturated carbocycles. The molecule has 0 bridgehead atoms. The van der Waals surface area contributed by atoms with E-state index in [9.17, 15) is 14.4 Å². The first kappa shape index (κ1) is 15.3. The van der Waals surface area contributed by atoms with Crippen molar-refractivity contribution in [2.24, 2.45) is 5.92 Å². The molecule has 1 atom stereocenters. The van der Waals surface area contributed by atoms with Crippen LogP contribution in [0.4, 0.5) is 4.79 Å². The highest BCUT2D eigenvalue weighted by atomic mass is 16.2. The molecule has 4 amide bonds. The Kier molecular flexibility index (Phi) is 4.08. The first-order valence-electron chi connectivity index (χ1n) is 8.14. The van der Waals surface area contributed by atoms with Crippen LogP contribution in [0.5, 0.6) is 0 Å². The van der Waals surface area contributed by atoms with Crippen molar-refractivity contribution < 1.29 is 14.4 Å². The monoisotopic (exact) mass is 308 g/mol. The molecule has 122 valence electrons. The lowest BCUT2D eigenvalue weighted by molar-refractivity contribution is -0.140. The number of fused-ring (bicyclic) bond motifs is 1. The summed E-state index contributed by atoms with van der Waals surface area (Å²) >= 11 is 0. The zero-order valence-electron chi connectivity index (χ0n) is 13.2. The molecule has 0 aliphatic carbocycles. The van der Waals surface area contributed by atoms with Crippen LogP contribution in [0.1, 0.15) is 26.7 Å². The summed E-state index contributed by atoms with van der Waals surface area (Å²) in [5.41, 5.74) is 0. The Morgan fingerprint density at radius 1 is 1.18 bits per heavy atom. The molecule has 0 aromatic rings. The van der Waals surface area contributed by atoms with E-state index in [-0.39, 0.29) is 29.8 Å². The lowest BCUT2D eigenvalue weighted by Gasteiger charge is -2.37. The van der Waals surface area contributed by atoms with E-state index in [2.05, 4.69) is 5.32 Å². The van der Waals surface area contributed by atoms with Crippen molar-refractivity contribution in [3.63, 3.8) is 0 Å². The normalized spacial score (nSPS) is 26.9. The smallest absolute Gasteiger partial charge is 0.327 e. The number of piperidine rings is 1. The number of rotatable bonds is 2. The number of urea groups is 1. The van der Waals surface area contributed by atoms with Crippen molar-refractivity contribution >= 4 is 17.8 Å². The number of hydrogen-bond acceptors (Lipinski definition) is 4. The van der Waals surface area contributed by atoms with Gasteiger partial charge in [0.05, 0.1) is 6.54 Å². The second-order valence-electron chi connectivity index (χ2n) is 6.60. The lowest BCUT2D eigenvalue weighted by Crippen LogP contribution is -2.56. The first-order valence-corrected chi connectivity index (χ1v) is 8.14. The van der Waals surface area contributed by atoms with Gasteiger partial charge in [0.2, 0.25) is 5.91 Å². The number of piperazine rings is 1. The van der Waals surface area contributed by atoms with Gasteiger partial charge in [0.1, 0.15) is 6.04 Å². The van der Waals surface area contributed by atoms with Gasteiger partial charge in [-0.05, 0) is 39.8 Å². The van der Waals surface area contributed by atoms with Crippen LogP contribution >= 0.6 is 0 Å². The number of carbonyl (C=O) groups excluding carboxylic acids is 3. The minimum Gasteiger partial charge on any atom is -0.338 e. The van der Waals surface area contributed by atoms with E-state index in [1.54, 1.807) is 9.80 Å². The van der Waals surface area contributed by atoms with Gasteiger partial charge < -0.3 is 15.1 Å². The Bertz CT molecular complexity index is 487. The highest BCUT2D eigenvalue weighted by molar-refractivity contribution is 6.05. The molecule has 3 heterocycles. The third-order valence-electron chi connectivity index (χ3n) is 4.87. The summed E-state index contributed by atoms with van der Waals surface area (Å²) in [5, 5.41) is 3.26. The quantitative estimate of drug-likeness (QED) is 0.721. The van der Waals surface area contributed by atoms with E-state index < -0.39 is 6.04 Å². The summed E-state index contributed by atoms with van der Waals surface area (Å²) in [6.07, 6.45) is 1.71. The van der Waals surface area contributed by atoms with Crippen molar-refractivity contribution in [1.82, 2.24) is 20.0 Å². The molecular weight excluding hydrogens is 284 g/mol. The van der Waals surface area contributed by atoms with Crippen LogP contribution < -0.4 is 5.32 Å². The van der Waals surface area contributed by atoms with E-state index in [1.165, 1.54) is 4.90 Å². The molecule has 3 saturated heterocycles. The molecular formula is C15H24N4O3. The van der Waals surface area contributed by atoms with Gasteiger partial charge >= 0.3 is 6.03 Å². The van der Waals surface area contributed by atoms with E-state index in [1.807, 2.05) is 13.8 Å². The summed E-state index contributed by atoms with van der Waals surface area (Å²) < 4.78 is 0. The van der Waals surface area contributed by atoms with Crippen LogP contribution in [0.2, 0.25) is 0 Å². The summed E-state index contributed by atoms with van der Waals surface area (Å²) in [4.78, 5) is 42.1. The Morgan fingerprint density at radius 3 is 2.50 bits per heavy atom. The van der Waals surface area contributed by atoms with E-state index in [4.69, 9.17) is 0 Å². The fourth-order valence-electron chi connectivity index (χ4n) is 3.62. The Balaban J connectivity index is 1.69. The first-order chi connectivity index (χ1) is 10.5. The summed E-state index contributed by atoms with van der Waals surface area (Å²) in [7, 11) is 0. The SMILES string of the molecule is CC(C)N1C(=O)[C@H]2CN(C(=O)C3CCNCC3)CCN2C1=O. The van der Waals surface area contributed by atoms with Crippen LogP contribution in [0.25, 0.3) is 0 Å². The summed E-state index contributed by atoms with van der Waals surface area (Å²) in [6.45, 7) is 6.75. The van der Waals surface area contributed by atoms with Crippen LogP contribution in [0, 0.1) is 5.92 Å². The lowest BCUT2D eigenvalue weighted by atomic mass is 9.96. The van der Waals surface area contributed by atoms with Gasteiger partial charge in [-0.15, -0.1) is 0 Å². The topological polar surface area (TPSA) is 73.0 Å². The zero-order valence-corrected chi connectivity index (χ0v) is 13.2. The van der Waals surface area contributed by atoms with Crippen molar-refractivity contribution in [2.75, 3.05) is 32.7 Å². The molecule has 22 heavy (non-hydrogen) atoms. The second kappa shape index (κ2) is 5.87. The maximum Gasteiger partial charge on any atom is 0.327 e. The van der Waals surface area contributed by atoms with Gasteiger partial charge in [-0.1, -0.05) is 0 Å². The molecule has 0 aromatic carbocycles. The maximum atomic E-state index is 12.6. The predicted molar refractivity (Wildman–Crippen MR) is 80.0 cm³/mol. The maximum absolute atomic E-state index is 12.6. The van der Waals surface area contributed by atoms with Crippen LogP contribution in [0.3, 0.4) is 0 Å². The molecule has 3 rings (SSSR count). The minimum absolute atomic E-state index is 0.0567. The third-order valence-corrected chi connectivity index (χ3v) is 4.87. The molecule has 0 unspecified atom stereocenters. The van der Waals surface area contributed by atoms with Crippen LogP contribution in [-0.2, 0) is 9.59 Å². The van der Waals surface area contributed by atoms with Crippen molar-refractivity contribution in [2.45, 2.75) is 38.8 Å². The molecule has 0 aromatic heterocycles. The van der Waals surface area contributed by atoms with Crippen molar-refractivity contribution in [3.05, 3.63) is 0 Å². The molecule has 3 aliphatic heterocycles. The summed E-state index contributed by atoms with van der Waals surface area (Å²) in [6, 6.07) is -0.840. The van der Waals surface area contributed by atoms with Gasteiger partial charge in [0.15, 0.2) is 0 Å². The van der Waals surface area contributed by atoms with Crippen LogP contribution in [0.15, 0.2) is 0 Å². The second-order valence-corrected chi connectivity index (χ2v) is 6.60. The highest BCUT2D eigenvalue weighted by Crippen LogP contribution is 2.25. The third kappa shape index (κ3) is 2.47. The highest BCUT2D eigenvalue weighted by Gasteiger charge is 2.49. The van der Waals surface area contributed by atoms with E-state index >= 15 is 0 Å². The number of carbonyl (C=O) groups is 3. The number of imide groups is 1. The number of nitrogens with zero attached hydrogens (tertiary/aromatic N) is 3. The zero-order chi connectivity index (χ0) is 15.9. The molecule has 0 radical (unpaired) electrons. The van der Waals surface area contributed by atoms with Gasteiger partial charge in [0, 0.05) is 25.0 Å². The van der Waals surface area contributed by atoms with Crippen molar-refractivity contribution in [3.8, 4) is 0 Å². The fraction of sp³-hybridized carbons (Fsp3) is 0.800. The summed E-state index contributed by atoms with van der Waals surface area (Å²) in [5.74, 6) is 0.0356. The van der Waals surface area contributed by atoms with Crippen molar-refractivity contribution in [1.29, 1.82) is 0 Å². The molecule has 0 spiro atoms.